The fourth-order valence-electron chi connectivity index (χ4n) is 2.99. The molecule has 0 aliphatic carbocycles. The monoisotopic (exact) mass is 299 g/mol. The Morgan fingerprint density at radius 2 is 2.10 bits per heavy atom. The van der Waals surface area contributed by atoms with Crippen molar-refractivity contribution in [2.24, 2.45) is 0 Å². The molecule has 0 radical (unpaired) electrons. The van der Waals surface area contributed by atoms with Gasteiger partial charge in [-0.05, 0) is 42.5 Å². The number of hydrogen-bond donors (Lipinski definition) is 0. The number of amides is 1. The zero-order valence-corrected chi connectivity index (χ0v) is 13.5. The Labute approximate surface area is 130 Å². The Morgan fingerprint density at radius 3 is 2.86 bits per heavy atom. The average molecular weight is 299 g/mol. The molecule has 3 heteroatoms. The van der Waals surface area contributed by atoms with Crippen molar-refractivity contribution in [3.8, 4) is 0 Å². The van der Waals surface area contributed by atoms with Crippen LogP contribution in [0.25, 0.3) is 0 Å². The summed E-state index contributed by atoms with van der Waals surface area (Å²) in [7, 11) is 0. The van der Waals surface area contributed by atoms with Crippen molar-refractivity contribution in [1.29, 1.82) is 0 Å². The number of benzene rings is 1. The van der Waals surface area contributed by atoms with E-state index in [1.54, 1.807) is 11.3 Å². The minimum atomic E-state index is 0.169. The lowest BCUT2D eigenvalue weighted by Gasteiger charge is -2.16. The zero-order valence-electron chi connectivity index (χ0n) is 12.7. The lowest BCUT2D eigenvalue weighted by atomic mass is 10.1. The van der Waals surface area contributed by atoms with Crippen LogP contribution in [0.1, 0.15) is 45.9 Å². The average Bonchev–Trinajstić information content (AvgIpc) is 3.11. The van der Waals surface area contributed by atoms with Crippen LogP contribution in [0, 0.1) is 0 Å². The predicted octanol–water partition coefficient (Wildman–Crippen LogP) is 4.47. The number of carbonyl (C=O) groups excluding carboxylic acids is 1. The third-order valence-corrected chi connectivity index (χ3v) is 5.32. The molecule has 110 valence electrons. The fraction of sp³-hybridized carbons (Fsp3) is 0.389. The first-order valence-corrected chi connectivity index (χ1v) is 8.57. The molecule has 1 aliphatic heterocycles. The molecule has 0 bridgehead atoms. The quantitative estimate of drug-likeness (QED) is 0.816. The number of fused-ring (bicyclic) bond motifs is 1. The van der Waals surface area contributed by atoms with Crippen molar-refractivity contribution in [3.63, 3.8) is 0 Å². The molecular formula is C18H21NOS. The van der Waals surface area contributed by atoms with Gasteiger partial charge in [-0.2, -0.15) is 0 Å². The van der Waals surface area contributed by atoms with Crippen LogP contribution in [0.3, 0.4) is 0 Å². The van der Waals surface area contributed by atoms with Gasteiger partial charge in [-0.25, -0.2) is 0 Å². The Hall–Kier alpha value is -1.61. The largest absolute Gasteiger partial charge is 0.307 e. The second kappa shape index (κ2) is 6.02. The van der Waals surface area contributed by atoms with Gasteiger partial charge < -0.3 is 4.90 Å². The van der Waals surface area contributed by atoms with Gasteiger partial charge in [0.2, 0.25) is 0 Å². The van der Waals surface area contributed by atoms with Gasteiger partial charge in [-0.3, -0.25) is 4.79 Å². The molecule has 0 saturated heterocycles. The molecular weight excluding hydrogens is 278 g/mol. The van der Waals surface area contributed by atoms with Gasteiger partial charge in [0.15, 0.2) is 0 Å². The molecule has 0 saturated carbocycles. The SMILES string of the molecule is CCCc1sc(C(=O)N2CCc3ccccc32)cc1CC. The summed E-state index contributed by atoms with van der Waals surface area (Å²) >= 11 is 1.69. The first-order valence-electron chi connectivity index (χ1n) is 7.76. The number of nitrogens with zero attached hydrogens (tertiary/aromatic N) is 1. The number of rotatable bonds is 4. The van der Waals surface area contributed by atoms with E-state index in [-0.39, 0.29) is 5.91 Å². The summed E-state index contributed by atoms with van der Waals surface area (Å²) in [6.07, 6.45) is 4.19. The van der Waals surface area contributed by atoms with Gasteiger partial charge in [0.05, 0.1) is 4.88 Å². The van der Waals surface area contributed by atoms with Gasteiger partial charge >= 0.3 is 0 Å². The number of para-hydroxylation sites is 1. The van der Waals surface area contributed by atoms with E-state index in [0.29, 0.717) is 0 Å². The standard InChI is InChI=1S/C18H21NOS/c1-3-7-16-13(4-2)12-17(21-16)18(20)19-11-10-14-8-5-6-9-15(14)19/h5-6,8-9,12H,3-4,7,10-11H2,1-2H3. The molecule has 0 spiro atoms. The molecule has 1 amide bonds. The Bertz CT molecular complexity index is 659. The molecule has 0 fully saturated rings. The van der Waals surface area contributed by atoms with Crippen LogP contribution in [-0.4, -0.2) is 12.5 Å². The molecule has 2 nitrogen and oxygen atoms in total. The maximum atomic E-state index is 12.8. The van der Waals surface area contributed by atoms with Crippen molar-refractivity contribution in [2.75, 3.05) is 11.4 Å². The van der Waals surface area contributed by atoms with Gasteiger partial charge in [-0.15, -0.1) is 11.3 Å². The van der Waals surface area contributed by atoms with Gasteiger partial charge in [0, 0.05) is 17.1 Å². The summed E-state index contributed by atoms with van der Waals surface area (Å²) in [5, 5.41) is 0. The van der Waals surface area contributed by atoms with E-state index in [1.807, 2.05) is 17.0 Å². The third-order valence-electron chi connectivity index (χ3n) is 4.10. The number of hydrogen-bond acceptors (Lipinski definition) is 2. The first-order chi connectivity index (χ1) is 10.2. The third kappa shape index (κ3) is 2.62. The van der Waals surface area contributed by atoms with E-state index in [1.165, 1.54) is 16.0 Å². The molecule has 1 aromatic heterocycles. The normalized spacial score (nSPS) is 13.5. The van der Waals surface area contributed by atoms with E-state index < -0.39 is 0 Å². The van der Waals surface area contributed by atoms with Gasteiger partial charge in [-0.1, -0.05) is 38.5 Å². The molecule has 2 aromatic rings. The summed E-state index contributed by atoms with van der Waals surface area (Å²) in [6, 6.07) is 10.4. The van der Waals surface area contributed by atoms with Crippen molar-refractivity contribution < 1.29 is 4.79 Å². The fourth-order valence-corrected chi connectivity index (χ4v) is 4.30. The molecule has 1 aliphatic rings. The van der Waals surface area contributed by atoms with Crippen LogP contribution >= 0.6 is 11.3 Å². The van der Waals surface area contributed by atoms with E-state index in [2.05, 4.69) is 32.0 Å². The van der Waals surface area contributed by atoms with Gasteiger partial charge in [0.25, 0.3) is 5.91 Å². The lowest BCUT2D eigenvalue weighted by molar-refractivity contribution is 0.0993. The van der Waals surface area contributed by atoms with Crippen LogP contribution in [0.4, 0.5) is 5.69 Å². The molecule has 0 N–H and O–H groups in total. The van der Waals surface area contributed by atoms with Crippen LogP contribution in [-0.2, 0) is 19.3 Å². The molecule has 3 rings (SSSR count). The van der Waals surface area contributed by atoms with Crippen LogP contribution < -0.4 is 4.90 Å². The van der Waals surface area contributed by atoms with Crippen molar-refractivity contribution in [2.45, 2.75) is 39.5 Å². The van der Waals surface area contributed by atoms with Crippen LogP contribution in [0.5, 0.6) is 0 Å². The summed E-state index contributed by atoms with van der Waals surface area (Å²) in [5.41, 5.74) is 3.72. The maximum absolute atomic E-state index is 12.8. The van der Waals surface area contributed by atoms with Gasteiger partial charge in [0.1, 0.15) is 0 Å². The second-order valence-electron chi connectivity index (χ2n) is 5.50. The number of aryl methyl sites for hydroxylation is 2. The summed E-state index contributed by atoms with van der Waals surface area (Å²) in [4.78, 5) is 17.1. The molecule has 2 heterocycles. The maximum Gasteiger partial charge on any atom is 0.268 e. The highest BCUT2D eigenvalue weighted by atomic mass is 32.1. The Kier molecular flexibility index (Phi) is 4.11. The zero-order chi connectivity index (χ0) is 14.8. The molecule has 21 heavy (non-hydrogen) atoms. The first kappa shape index (κ1) is 14.3. The second-order valence-corrected chi connectivity index (χ2v) is 6.63. The van der Waals surface area contributed by atoms with E-state index >= 15 is 0 Å². The highest BCUT2D eigenvalue weighted by molar-refractivity contribution is 7.14. The number of anilines is 1. The lowest BCUT2D eigenvalue weighted by Crippen LogP contribution is -2.28. The Morgan fingerprint density at radius 1 is 1.29 bits per heavy atom. The van der Waals surface area contributed by atoms with Crippen LogP contribution in [0.15, 0.2) is 30.3 Å². The smallest absolute Gasteiger partial charge is 0.268 e. The summed E-state index contributed by atoms with van der Waals surface area (Å²) < 4.78 is 0. The minimum absolute atomic E-state index is 0.169. The number of carbonyl (C=O) groups is 1. The van der Waals surface area contributed by atoms with Crippen LogP contribution in [0.2, 0.25) is 0 Å². The predicted molar refractivity (Wildman–Crippen MR) is 89.5 cm³/mol. The minimum Gasteiger partial charge on any atom is -0.307 e. The van der Waals surface area contributed by atoms with Crippen molar-refractivity contribution in [1.82, 2.24) is 0 Å². The van der Waals surface area contributed by atoms with E-state index in [0.717, 1.165) is 42.8 Å². The highest BCUT2D eigenvalue weighted by Crippen LogP contribution is 2.32. The number of thiophene rings is 1. The summed E-state index contributed by atoms with van der Waals surface area (Å²) in [5.74, 6) is 0.169. The van der Waals surface area contributed by atoms with E-state index in [4.69, 9.17) is 0 Å². The summed E-state index contributed by atoms with van der Waals surface area (Å²) in [6.45, 7) is 5.17. The van der Waals surface area contributed by atoms with Crippen molar-refractivity contribution in [3.05, 3.63) is 51.2 Å². The Balaban J connectivity index is 1.90. The van der Waals surface area contributed by atoms with E-state index in [9.17, 15) is 4.79 Å². The molecule has 0 atom stereocenters. The topological polar surface area (TPSA) is 20.3 Å². The molecule has 1 aromatic carbocycles. The highest BCUT2D eigenvalue weighted by Gasteiger charge is 2.26. The molecule has 0 unspecified atom stereocenters. The van der Waals surface area contributed by atoms with Crippen molar-refractivity contribution >= 4 is 22.9 Å².